The number of hydrogen-bond acceptors (Lipinski definition) is 3. The summed E-state index contributed by atoms with van der Waals surface area (Å²) in [6.07, 6.45) is 0. The third-order valence-corrected chi connectivity index (χ3v) is 5.72. The molecule has 1 atom stereocenters. The Morgan fingerprint density at radius 2 is 1.48 bits per heavy atom. The number of hydrogen-bond donors (Lipinski definition) is 1. The van der Waals surface area contributed by atoms with Gasteiger partial charge in [-0.05, 0) is 17.7 Å². The fourth-order valence-corrected chi connectivity index (χ4v) is 3.93. The van der Waals surface area contributed by atoms with Crippen molar-refractivity contribution in [1.82, 2.24) is 5.32 Å². The Labute approximate surface area is 137 Å². The van der Waals surface area contributed by atoms with Crippen molar-refractivity contribution < 1.29 is 13.2 Å². The number of amides is 1. The fourth-order valence-electron chi connectivity index (χ4n) is 2.25. The van der Waals surface area contributed by atoms with Crippen molar-refractivity contribution in [1.29, 1.82) is 0 Å². The molecule has 0 aromatic heterocycles. The molecule has 0 bridgehead atoms. The summed E-state index contributed by atoms with van der Waals surface area (Å²) < 4.78 is 25.9. The lowest BCUT2D eigenvalue weighted by molar-refractivity contribution is -0.123. The monoisotopic (exact) mass is 331 g/mol. The van der Waals surface area contributed by atoms with Crippen molar-refractivity contribution in [3.05, 3.63) is 66.2 Å². The van der Waals surface area contributed by atoms with Crippen LogP contribution in [0.2, 0.25) is 0 Å². The summed E-state index contributed by atoms with van der Waals surface area (Å²) in [6.45, 7) is 3.61. The highest BCUT2D eigenvalue weighted by Gasteiger charge is 2.29. The zero-order valence-electron chi connectivity index (χ0n) is 13.3. The van der Waals surface area contributed by atoms with Gasteiger partial charge in [-0.3, -0.25) is 4.79 Å². The SMILES string of the molecule is CC(C)C(=O)NC[C@@H](c1ccccc1)S(=O)(=O)c1ccccc1. The minimum atomic E-state index is -3.59. The van der Waals surface area contributed by atoms with Gasteiger partial charge in [0.15, 0.2) is 9.84 Å². The van der Waals surface area contributed by atoms with E-state index in [0.29, 0.717) is 5.56 Å². The van der Waals surface area contributed by atoms with Crippen LogP contribution in [0.25, 0.3) is 0 Å². The van der Waals surface area contributed by atoms with Crippen LogP contribution in [0, 0.1) is 5.92 Å². The molecule has 2 aromatic carbocycles. The average Bonchev–Trinajstić information content (AvgIpc) is 2.56. The smallest absolute Gasteiger partial charge is 0.222 e. The molecule has 2 aromatic rings. The highest BCUT2D eigenvalue weighted by Crippen LogP contribution is 2.28. The first-order valence-corrected chi connectivity index (χ1v) is 9.09. The predicted octanol–water partition coefficient (Wildman–Crippen LogP) is 2.97. The predicted molar refractivity (Wildman–Crippen MR) is 90.7 cm³/mol. The molecule has 5 heteroatoms. The number of rotatable bonds is 6. The second-order valence-corrected chi connectivity index (χ2v) is 7.79. The molecule has 0 fully saturated rings. The number of carbonyl (C=O) groups is 1. The summed E-state index contributed by atoms with van der Waals surface area (Å²) in [6, 6.07) is 17.3. The summed E-state index contributed by atoms with van der Waals surface area (Å²) in [5.74, 6) is -0.347. The zero-order valence-corrected chi connectivity index (χ0v) is 14.1. The largest absolute Gasteiger partial charge is 0.354 e. The van der Waals surface area contributed by atoms with Crippen molar-refractivity contribution in [3.8, 4) is 0 Å². The summed E-state index contributed by atoms with van der Waals surface area (Å²) in [4.78, 5) is 12.1. The molecule has 0 spiro atoms. The van der Waals surface area contributed by atoms with Gasteiger partial charge >= 0.3 is 0 Å². The second-order valence-electron chi connectivity index (χ2n) is 5.66. The van der Waals surface area contributed by atoms with Crippen molar-refractivity contribution >= 4 is 15.7 Å². The molecule has 0 saturated carbocycles. The minimum absolute atomic E-state index is 0.0538. The molecule has 23 heavy (non-hydrogen) atoms. The first-order chi connectivity index (χ1) is 10.9. The normalized spacial score (nSPS) is 12.8. The molecule has 0 unspecified atom stereocenters. The molecule has 0 aliphatic rings. The van der Waals surface area contributed by atoms with Crippen LogP contribution in [0.1, 0.15) is 24.7 Å². The van der Waals surface area contributed by atoms with Gasteiger partial charge in [-0.15, -0.1) is 0 Å². The van der Waals surface area contributed by atoms with Crippen molar-refractivity contribution in [2.75, 3.05) is 6.54 Å². The van der Waals surface area contributed by atoms with E-state index >= 15 is 0 Å². The van der Waals surface area contributed by atoms with Crippen LogP contribution in [0.15, 0.2) is 65.6 Å². The van der Waals surface area contributed by atoms with Gasteiger partial charge in [0, 0.05) is 12.5 Å². The van der Waals surface area contributed by atoms with E-state index < -0.39 is 15.1 Å². The first kappa shape index (κ1) is 17.2. The number of sulfone groups is 1. The van der Waals surface area contributed by atoms with Crippen molar-refractivity contribution in [2.24, 2.45) is 5.92 Å². The third kappa shape index (κ3) is 4.20. The summed E-state index contributed by atoms with van der Waals surface area (Å²) in [5, 5.41) is 1.93. The molecule has 122 valence electrons. The molecule has 0 saturated heterocycles. The van der Waals surface area contributed by atoms with Crippen LogP contribution in [0.5, 0.6) is 0 Å². The van der Waals surface area contributed by atoms with Crippen LogP contribution >= 0.6 is 0 Å². The first-order valence-electron chi connectivity index (χ1n) is 7.54. The number of nitrogens with one attached hydrogen (secondary N) is 1. The Kier molecular flexibility index (Phi) is 5.55. The summed E-state index contributed by atoms with van der Waals surface area (Å²) >= 11 is 0. The Bertz CT molecular complexity index is 740. The zero-order chi connectivity index (χ0) is 16.9. The molecular weight excluding hydrogens is 310 g/mol. The van der Waals surface area contributed by atoms with Crippen LogP contribution in [-0.2, 0) is 14.6 Å². The standard InChI is InChI=1S/C18H21NO3S/c1-14(2)18(20)19-13-17(15-9-5-3-6-10-15)23(21,22)16-11-7-4-8-12-16/h3-12,14,17H,13H2,1-2H3,(H,19,20)/t17-/m0/s1. The molecule has 2 rings (SSSR count). The van der Waals surface area contributed by atoms with E-state index in [2.05, 4.69) is 5.32 Å². The van der Waals surface area contributed by atoms with Gasteiger partial charge in [-0.2, -0.15) is 0 Å². The topological polar surface area (TPSA) is 63.2 Å². The lowest BCUT2D eigenvalue weighted by Crippen LogP contribution is -2.34. The third-order valence-electron chi connectivity index (χ3n) is 3.60. The van der Waals surface area contributed by atoms with E-state index in [9.17, 15) is 13.2 Å². The maximum Gasteiger partial charge on any atom is 0.222 e. The highest BCUT2D eigenvalue weighted by molar-refractivity contribution is 7.91. The maximum atomic E-state index is 13.0. The van der Waals surface area contributed by atoms with E-state index in [0.717, 1.165) is 0 Å². The molecule has 0 aliphatic carbocycles. The van der Waals surface area contributed by atoms with Gasteiger partial charge in [0.25, 0.3) is 0 Å². The lowest BCUT2D eigenvalue weighted by atomic mass is 10.1. The fraction of sp³-hybridized carbons (Fsp3) is 0.278. The van der Waals surface area contributed by atoms with E-state index in [1.807, 2.05) is 6.07 Å². The van der Waals surface area contributed by atoms with Gasteiger partial charge in [0.1, 0.15) is 5.25 Å². The molecule has 0 heterocycles. The summed E-state index contributed by atoms with van der Waals surface area (Å²) in [5.41, 5.74) is 0.667. The van der Waals surface area contributed by atoms with Gasteiger partial charge < -0.3 is 5.32 Å². The van der Waals surface area contributed by atoms with Crippen LogP contribution in [0.3, 0.4) is 0 Å². The van der Waals surface area contributed by atoms with Crippen LogP contribution in [0.4, 0.5) is 0 Å². The van der Waals surface area contributed by atoms with E-state index in [1.54, 1.807) is 68.4 Å². The molecule has 1 N–H and O–H groups in total. The number of benzene rings is 2. The van der Waals surface area contributed by atoms with Crippen molar-refractivity contribution in [3.63, 3.8) is 0 Å². The van der Waals surface area contributed by atoms with Gasteiger partial charge in [0.05, 0.1) is 4.90 Å². The Morgan fingerprint density at radius 1 is 0.957 bits per heavy atom. The minimum Gasteiger partial charge on any atom is -0.354 e. The van der Waals surface area contributed by atoms with Gasteiger partial charge in [-0.1, -0.05) is 62.4 Å². The molecule has 1 amide bonds. The van der Waals surface area contributed by atoms with Crippen LogP contribution in [-0.4, -0.2) is 20.9 Å². The van der Waals surface area contributed by atoms with Gasteiger partial charge in [0.2, 0.25) is 5.91 Å². The summed E-state index contributed by atoms with van der Waals surface area (Å²) in [7, 11) is -3.59. The van der Waals surface area contributed by atoms with E-state index in [4.69, 9.17) is 0 Å². The van der Waals surface area contributed by atoms with E-state index in [-0.39, 0.29) is 23.3 Å². The molecule has 0 radical (unpaired) electrons. The second kappa shape index (κ2) is 7.42. The molecule has 0 aliphatic heterocycles. The Hall–Kier alpha value is -2.14. The quantitative estimate of drug-likeness (QED) is 0.885. The van der Waals surface area contributed by atoms with E-state index in [1.165, 1.54) is 0 Å². The molecular formula is C18H21NO3S. The Morgan fingerprint density at radius 3 is 2.00 bits per heavy atom. The highest BCUT2D eigenvalue weighted by atomic mass is 32.2. The lowest BCUT2D eigenvalue weighted by Gasteiger charge is -2.19. The van der Waals surface area contributed by atoms with Crippen LogP contribution < -0.4 is 5.32 Å². The number of carbonyl (C=O) groups excluding carboxylic acids is 1. The Balaban J connectivity index is 2.36. The average molecular weight is 331 g/mol. The van der Waals surface area contributed by atoms with Crippen molar-refractivity contribution in [2.45, 2.75) is 24.0 Å². The maximum absolute atomic E-state index is 13.0. The molecule has 4 nitrogen and oxygen atoms in total. The van der Waals surface area contributed by atoms with Gasteiger partial charge in [-0.25, -0.2) is 8.42 Å².